The highest BCUT2D eigenvalue weighted by atomic mass is 32.2. The molecule has 25 heavy (non-hydrogen) atoms. The van der Waals surface area contributed by atoms with E-state index < -0.39 is 0 Å². The number of thioether (sulfide) groups is 1. The molecule has 0 aliphatic carbocycles. The molecular formula is C16H19N5O2S2. The predicted molar refractivity (Wildman–Crippen MR) is 97.3 cm³/mol. The van der Waals surface area contributed by atoms with Crippen LogP contribution in [0, 0.1) is 0 Å². The van der Waals surface area contributed by atoms with Crippen LogP contribution in [0.1, 0.15) is 31.3 Å². The lowest BCUT2D eigenvalue weighted by atomic mass is 10.2. The third-order valence-electron chi connectivity index (χ3n) is 4.23. The van der Waals surface area contributed by atoms with Crippen LogP contribution in [0.3, 0.4) is 0 Å². The number of hydrogen-bond acceptors (Lipinski definition) is 7. The Morgan fingerprint density at radius 1 is 1.44 bits per heavy atom. The van der Waals surface area contributed by atoms with Crippen LogP contribution in [-0.4, -0.2) is 36.9 Å². The van der Waals surface area contributed by atoms with Crippen molar-refractivity contribution in [1.82, 2.24) is 24.1 Å². The van der Waals surface area contributed by atoms with Gasteiger partial charge in [-0.1, -0.05) is 18.7 Å². The maximum absolute atomic E-state index is 12.1. The standard InChI is InChI=1S/C16H19N5O2S2/c1-2-13-18-19-16(21(13)9-12-4-3-6-23-12)25-10-11-8-14(22)20-5-7-24-15(20)17-11/h5,7-8,12H,2-4,6,9-10H2,1H3. The number of hydrogen-bond donors (Lipinski definition) is 0. The van der Waals surface area contributed by atoms with Gasteiger partial charge in [-0.25, -0.2) is 4.98 Å². The van der Waals surface area contributed by atoms with Gasteiger partial charge in [0.25, 0.3) is 5.56 Å². The van der Waals surface area contributed by atoms with Crippen molar-refractivity contribution in [1.29, 1.82) is 0 Å². The Labute approximate surface area is 153 Å². The van der Waals surface area contributed by atoms with Gasteiger partial charge in [0.15, 0.2) is 10.1 Å². The molecule has 0 N–H and O–H groups in total. The molecule has 0 amide bonds. The molecule has 3 aromatic heterocycles. The Morgan fingerprint density at radius 2 is 2.36 bits per heavy atom. The maximum atomic E-state index is 12.1. The highest BCUT2D eigenvalue weighted by Crippen LogP contribution is 2.24. The summed E-state index contributed by atoms with van der Waals surface area (Å²) < 4.78 is 9.47. The lowest BCUT2D eigenvalue weighted by Crippen LogP contribution is -2.17. The monoisotopic (exact) mass is 377 g/mol. The summed E-state index contributed by atoms with van der Waals surface area (Å²) in [4.78, 5) is 17.4. The van der Waals surface area contributed by atoms with Gasteiger partial charge in [-0.15, -0.1) is 21.5 Å². The molecule has 0 radical (unpaired) electrons. The van der Waals surface area contributed by atoms with Gasteiger partial charge in [-0.3, -0.25) is 9.20 Å². The summed E-state index contributed by atoms with van der Waals surface area (Å²) in [7, 11) is 0. The molecule has 3 aromatic rings. The van der Waals surface area contributed by atoms with Gasteiger partial charge in [0, 0.05) is 36.4 Å². The van der Waals surface area contributed by atoms with Crippen molar-refractivity contribution < 1.29 is 4.74 Å². The van der Waals surface area contributed by atoms with Gasteiger partial charge in [-0.2, -0.15) is 0 Å². The van der Waals surface area contributed by atoms with Crippen LogP contribution in [0.15, 0.2) is 27.6 Å². The first kappa shape index (κ1) is 16.7. The quantitative estimate of drug-likeness (QED) is 0.614. The van der Waals surface area contributed by atoms with E-state index in [0.29, 0.717) is 5.75 Å². The van der Waals surface area contributed by atoms with Crippen molar-refractivity contribution in [3.05, 3.63) is 39.5 Å². The first-order valence-electron chi connectivity index (χ1n) is 8.37. The molecule has 0 spiro atoms. The third kappa shape index (κ3) is 3.49. The lowest BCUT2D eigenvalue weighted by molar-refractivity contribution is 0.0942. The van der Waals surface area contributed by atoms with Crippen LogP contribution in [0.25, 0.3) is 4.96 Å². The number of ether oxygens (including phenoxy) is 1. The van der Waals surface area contributed by atoms with E-state index in [-0.39, 0.29) is 11.7 Å². The molecule has 0 bridgehead atoms. The minimum Gasteiger partial charge on any atom is -0.376 e. The number of rotatable bonds is 6. The number of aryl methyl sites for hydroxylation is 1. The van der Waals surface area contributed by atoms with Crippen LogP contribution in [0.4, 0.5) is 0 Å². The van der Waals surface area contributed by atoms with Crippen LogP contribution in [-0.2, 0) is 23.5 Å². The van der Waals surface area contributed by atoms with E-state index in [0.717, 1.165) is 54.0 Å². The van der Waals surface area contributed by atoms with E-state index in [2.05, 4.69) is 26.7 Å². The molecule has 0 saturated carbocycles. The summed E-state index contributed by atoms with van der Waals surface area (Å²) in [5.41, 5.74) is 0.721. The van der Waals surface area contributed by atoms with Gasteiger partial charge < -0.3 is 9.30 Å². The first-order valence-corrected chi connectivity index (χ1v) is 10.2. The zero-order chi connectivity index (χ0) is 17.2. The molecule has 1 unspecified atom stereocenters. The summed E-state index contributed by atoms with van der Waals surface area (Å²) in [6, 6.07) is 1.59. The van der Waals surface area contributed by atoms with Crippen molar-refractivity contribution in [2.24, 2.45) is 0 Å². The SMILES string of the molecule is CCc1nnc(SCc2cc(=O)n3ccsc3n2)n1CC1CCCO1. The fourth-order valence-electron chi connectivity index (χ4n) is 2.96. The largest absolute Gasteiger partial charge is 0.376 e. The van der Waals surface area contributed by atoms with Crippen LogP contribution < -0.4 is 5.56 Å². The van der Waals surface area contributed by atoms with E-state index in [4.69, 9.17) is 4.74 Å². The van der Waals surface area contributed by atoms with E-state index in [1.807, 2.05) is 5.38 Å². The number of nitrogens with zero attached hydrogens (tertiary/aromatic N) is 5. The Hall–Kier alpha value is -1.71. The average molecular weight is 377 g/mol. The predicted octanol–water partition coefficient (Wildman–Crippen LogP) is 2.38. The molecule has 4 heterocycles. The topological polar surface area (TPSA) is 74.3 Å². The molecule has 1 saturated heterocycles. The van der Waals surface area contributed by atoms with Gasteiger partial charge in [0.2, 0.25) is 0 Å². The van der Waals surface area contributed by atoms with E-state index in [9.17, 15) is 4.79 Å². The Kier molecular flexibility index (Phi) is 4.87. The highest BCUT2D eigenvalue weighted by molar-refractivity contribution is 7.98. The fourth-order valence-corrected chi connectivity index (χ4v) is 4.56. The molecule has 0 aromatic carbocycles. The van der Waals surface area contributed by atoms with Gasteiger partial charge in [0.1, 0.15) is 5.82 Å². The molecule has 1 aliphatic rings. The molecule has 1 aliphatic heterocycles. The minimum atomic E-state index is -0.0445. The first-order chi connectivity index (χ1) is 12.2. The maximum Gasteiger partial charge on any atom is 0.258 e. The summed E-state index contributed by atoms with van der Waals surface area (Å²) in [6.07, 6.45) is 5.02. The normalized spacial score (nSPS) is 17.6. The van der Waals surface area contributed by atoms with Crippen LogP contribution in [0.2, 0.25) is 0 Å². The molecular weight excluding hydrogens is 358 g/mol. The molecule has 1 fully saturated rings. The molecule has 4 rings (SSSR count). The fraction of sp³-hybridized carbons (Fsp3) is 0.500. The van der Waals surface area contributed by atoms with Crippen molar-refractivity contribution in [3.8, 4) is 0 Å². The number of fused-ring (bicyclic) bond motifs is 1. The van der Waals surface area contributed by atoms with Gasteiger partial charge >= 0.3 is 0 Å². The van der Waals surface area contributed by atoms with E-state index in [1.54, 1.807) is 28.4 Å². The summed E-state index contributed by atoms with van der Waals surface area (Å²) in [6.45, 7) is 3.71. The average Bonchev–Trinajstić information content (AvgIpc) is 3.34. The van der Waals surface area contributed by atoms with Crippen molar-refractivity contribution in [3.63, 3.8) is 0 Å². The lowest BCUT2D eigenvalue weighted by Gasteiger charge is -2.14. The zero-order valence-corrected chi connectivity index (χ0v) is 15.6. The van der Waals surface area contributed by atoms with Gasteiger partial charge in [0.05, 0.1) is 18.3 Å². The molecule has 9 heteroatoms. The zero-order valence-electron chi connectivity index (χ0n) is 13.9. The smallest absolute Gasteiger partial charge is 0.258 e. The van der Waals surface area contributed by atoms with E-state index >= 15 is 0 Å². The second-order valence-electron chi connectivity index (χ2n) is 5.93. The highest BCUT2D eigenvalue weighted by Gasteiger charge is 2.20. The molecule has 132 valence electrons. The second kappa shape index (κ2) is 7.27. The second-order valence-corrected chi connectivity index (χ2v) is 7.74. The summed E-state index contributed by atoms with van der Waals surface area (Å²) >= 11 is 3.03. The van der Waals surface area contributed by atoms with Crippen molar-refractivity contribution >= 4 is 28.1 Å². The van der Waals surface area contributed by atoms with Crippen molar-refractivity contribution in [2.75, 3.05) is 6.61 Å². The van der Waals surface area contributed by atoms with Crippen LogP contribution in [0.5, 0.6) is 0 Å². The van der Waals surface area contributed by atoms with Crippen LogP contribution >= 0.6 is 23.1 Å². The van der Waals surface area contributed by atoms with E-state index in [1.165, 1.54) is 11.3 Å². The van der Waals surface area contributed by atoms with Gasteiger partial charge in [-0.05, 0) is 12.8 Å². The van der Waals surface area contributed by atoms with Crippen molar-refractivity contribution in [2.45, 2.75) is 49.7 Å². The number of aromatic nitrogens is 5. The summed E-state index contributed by atoms with van der Waals surface area (Å²) in [5, 5.41) is 11.4. The Morgan fingerprint density at radius 3 is 3.16 bits per heavy atom. The summed E-state index contributed by atoms with van der Waals surface area (Å²) in [5.74, 6) is 1.57. The number of thiazole rings is 1. The Bertz CT molecular complexity index is 926. The molecule has 7 nitrogen and oxygen atoms in total. The third-order valence-corrected chi connectivity index (χ3v) is 5.98. The molecule has 1 atom stereocenters. The Balaban J connectivity index is 1.53. The minimum absolute atomic E-state index is 0.0445.